The van der Waals surface area contributed by atoms with Crippen LogP contribution < -0.4 is 4.74 Å². The maximum Gasteiger partial charge on any atom is 0.120 e. The van der Waals surface area contributed by atoms with E-state index in [0.717, 1.165) is 24.2 Å². The number of aliphatic hydroxyl groups excluding tert-OH is 1. The normalized spacial score (nSPS) is 17.1. The Kier molecular flexibility index (Phi) is 3.80. The Balaban J connectivity index is 1.96. The predicted molar refractivity (Wildman–Crippen MR) is 61.5 cm³/mol. The Morgan fingerprint density at radius 2 is 2.25 bits per heavy atom. The van der Waals surface area contributed by atoms with Gasteiger partial charge in [0.05, 0.1) is 12.7 Å². The van der Waals surface area contributed by atoms with Gasteiger partial charge in [-0.2, -0.15) is 0 Å². The van der Waals surface area contributed by atoms with Crippen LogP contribution in [0.25, 0.3) is 0 Å². The zero-order valence-electron chi connectivity index (χ0n) is 9.56. The smallest absolute Gasteiger partial charge is 0.120 e. The maximum atomic E-state index is 9.85. The minimum atomic E-state index is -0.567. The monoisotopic (exact) mass is 222 g/mol. The predicted octanol–water partition coefficient (Wildman–Crippen LogP) is 2.30. The molecule has 1 aliphatic carbocycles. The Morgan fingerprint density at radius 3 is 2.94 bits per heavy atom. The first-order valence-corrected chi connectivity index (χ1v) is 5.82. The number of hydrogen-bond donors (Lipinski definition) is 1. The molecular formula is C13H18O3. The first-order valence-electron chi connectivity index (χ1n) is 5.82. The topological polar surface area (TPSA) is 38.7 Å². The van der Waals surface area contributed by atoms with Crippen LogP contribution in [-0.2, 0) is 4.74 Å². The van der Waals surface area contributed by atoms with Crippen molar-refractivity contribution in [2.75, 3.05) is 13.2 Å². The van der Waals surface area contributed by atoms with E-state index in [1.807, 2.05) is 31.2 Å². The summed E-state index contributed by atoms with van der Waals surface area (Å²) < 4.78 is 10.9. The average Bonchev–Trinajstić information content (AvgIpc) is 3.10. The molecule has 1 atom stereocenters. The second-order valence-electron chi connectivity index (χ2n) is 4.06. The molecule has 0 heterocycles. The van der Waals surface area contributed by atoms with Gasteiger partial charge < -0.3 is 14.6 Å². The van der Waals surface area contributed by atoms with E-state index < -0.39 is 6.10 Å². The van der Waals surface area contributed by atoms with Gasteiger partial charge in [-0.1, -0.05) is 12.1 Å². The molecule has 0 aromatic heterocycles. The van der Waals surface area contributed by atoms with Crippen molar-refractivity contribution < 1.29 is 14.6 Å². The van der Waals surface area contributed by atoms with Crippen LogP contribution in [0.4, 0.5) is 0 Å². The summed E-state index contributed by atoms with van der Waals surface area (Å²) in [4.78, 5) is 0. The third kappa shape index (κ3) is 3.22. The first kappa shape index (κ1) is 11.4. The van der Waals surface area contributed by atoms with Gasteiger partial charge in [0.2, 0.25) is 0 Å². The van der Waals surface area contributed by atoms with Crippen molar-refractivity contribution in [1.29, 1.82) is 0 Å². The fraction of sp³-hybridized carbons (Fsp3) is 0.538. The van der Waals surface area contributed by atoms with Crippen molar-refractivity contribution in [3.8, 4) is 5.75 Å². The molecule has 1 N–H and O–H groups in total. The van der Waals surface area contributed by atoms with Gasteiger partial charge in [-0.25, -0.2) is 0 Å². The molecule has 2 rings (SSSR count). The van der Waals surface area contributed by atoms with Gasteiger partial charge in [0.25, 0.3) is 0 Å². The summed E-state index contributed by atoms with van der Waals surface area (Å²) in [6.07, 6.45) is 2.11. The van der Waals surface area contributed by atoms with E-state index in [0.29, 0.717) is 19.3 Å². The maximum absolute atomic E-state index is 9.85. The van der Waals surface area contributed by atoms with Crippen LogP contribution >= 0.6 is 0 Å². The summed E-state index contributed by atoms with van der Waals surface area (Å²) in [5.41, 5.74) is 0.853. The number of benzene rings is 1. The Morgan fingerprint density at radius 1 is 1.44 bits per heavy atom. The SMILES string of the molecule is CCOCC(O)c1cccc(OC2CC2)c1. The lowest BCUT2D eigenvalue weighted by molar-refractivity contribution is 0.0419. The van der Waals surface area contributed by atoms with Gasteiger partial charge in [-0.3, -0.25) is 0 Å². The van der Waals surface area contributed by atoms with E-state index in [9.17, 15) is 5.11 Å². The first-order chi connectivity index (χ1) is 7.79. The molecule has 0 radical (unpaired) electrons. The molecule has 88 valence electrons. The van der Waals surface area contributed by atoms with E-state index in [4.69, 9.17) is 9.47 Å². The molecule has 3 nitrogen and oxygen atoms in total. The molecule has 0 amide bonds. The number of ether oxygens (including phenoxy) is 2. The molecule has 1 saturated carbocycles. The third-order valence-corrected chi connectivity index (χ3v) is 2.55. The minimum Gasteiger partial charge on any atom is -0.490 e. The van der Waals surface area contributed by atoms with Gasteiger partial charge >= 0.3 is 0 Å². The molecule has 1 aliphatic rings. The highest BCUT2D eigenvalue weighted by molar-refractivity contribution is 5.30. The largest absolute Gasteiger partial charge is 0.490 e. The third-order valence-electron chi connectivity index (χ3n) is 2.55. The van der Waals surface area contributed by atoms with E-state index >= 15 is 0 Å². The van der Waals surface area contributed by atoms with Crippen LogP contribution in [0.1, 0.15) is 31.4 Å². The average molecular weight is 222 g/mol. The Hall–Kier alpha value is -1.06. The summed E-state index contributed by atoms with van der Waals surface area (Å²) in [7, 11) is 0. The highest BCUT2D eigenvalue weighted by Gasteiger charge is 2.23. The van der Waals surface area contributed by atoms with Gasteiger partial charge in [0.15, 0.2) is 0 Å². The quantitative estimate of drug-likeness (QED) is 0.802. The number of aliphatic hydroxyl groups is 1. The summed E-state index contributed by atoms with van der Waals surface area (Å²) in [5.74, 6) is 0.843. The van der Waals surface area contributed by atoms with Crippen molar-refractivity contribution in [2.24, 2.45) is 0 Å². The fourth-order valence-corrected chi connectivity index (χ4v) is 1.50. The van der Waals surface area contributed by atoms with E-state index in [-0.39, 0.29) is 0 Å². The van der Waals surface area contributed by atoms with Crippen molar-refractivity contribution in [2.45, 2.75) is 32.0 Å². The zero-order valence-corrected chi connectivity index (χ0v) is 9.56. The lowest BCUT2D eigenvalue weighted by Crippen LogP contribution is -2.07. The molecule has 0 bridgehead atoms. The van der Waals surface area contributed by atoms with Crippen molar-refractivity contribution >= 4 is 0 Å². The summed E-state index contributed by atoms with van der Waals surface area (Å²) in [6.45, 7) is 2.87. The fourth-order valence-electron chi connectivity index (χ4n) is 1.50. The van der Waals surface area contributed by atoms with Crippen LogP contribution in [0, 0.1) is 0 Å². The van der Waals surface area contributed by atoms with Gasteiger partial charge in [-0.05, 0) is 37.5 Å². The number of hydrogen-bond acceptors (Lipinski definition) is 3. The van der Waals surface area contributed by atoms with E-state index in [1.165, 1.54) is 0 Å². The molecule has 0 spiro atoms. The number of rotatable bonds is 6. The van der Waals surface area contributed by atoms with Crippen molar-refractivity contribution in [1.82, 2.24) is 0 Å². The minimum absolute atomic E-state index is 0.337. The van der Waals surface area contributed by atoms with E-state index in [2.05, 4.69) is 0 Å². The molecule has 1 aromatic carbocycles. The van der Waals surface area contributed by atoms with Crippen LogP contribution in [0.3, 0.4) is 0 Å². The summed E-state index contributed by atoms with van der Waals surface area (Å²) in [6, 6.07) is 7.61. The highest BCUT2D eigenvalue weighted by atomic mass is 16.5. The van der Waals surface area contributed by atoms with E-state index in [1.54, 1.807) is 0 Å². The molecule has 16 heavy (non-hydrogen) atoms. The second kappa shape index (κ2) is 5.32. The van der Waals surface area contributed by atoms with Crippen LogP contribution in [-0.4, -0.2) is 24.4 Å². The van der Waals surface area contributed by atoms with Crippen LogP contribution in [0.5, 0.6) is 5.75 Å². The van der Waals surface area contributed by atoms with Crippen molar-refractivity contribution in [3.05, 3.63) is 29.8 Å². The zero-order chi connectivity index (χ0) is 11.4. The lowest BCUT2D eigenvalue weighted by atomic mass is 10.1. The standard InChI is InChI=1S/C13H18O3/c1-2-15-9-13(14)10-4-3-5-12(8-10)16-11-6-7-11/h3-5,8,11,13-14H,2,6-7,9H2,1H3. The lowest BCUT2D eigenvalue weighted by Gasteiger charge is -2.12. The Labute approximate surface area is 96.0 Å². The second-order valence-corrected chi connectivity index (χ2v) is 4.06. The molecule has 1 fully saturated rings. The van der Waals surface area contributed by atoms with Gasteiger partial charge in [0, 0.05) is 6.61 Å². The molecule has 3 heteroatoms. The summed E-state index contributed by atoms with van der Waals surface area (Å²) >= 11 is 0. The highest BCUT2D eigenvalue weighted by Crippen LogP contribution is 2.28. The molecule has 0 aliphatic heterocycles. The molecule has 0 saturated heterocycles. The van der Waals surface area contributed by atoms with Crippen molar-refractivity contribution in [3.63, 3.8) is 0 Å². The summed E-state index contributed by atoms with van der Waals surface area (Å²) in [5, 5.41) is 9.85. The van der Waals surface area contributed by atoms with Crippen LogP contribution in [0.15, 0.2) is 24.3 Å². The molecule has 1 unspecified atom stereocenters. The molecular weight excluding hydrogens is 204 g/mol. The van der Waals surface area contributed by atoms with Gasteiger partial charge in [-0.15, -0.1) is 0 Å². The van der Waals surface area contributed by atoms with Crippen LogP contribution in [0.2, 0.25) is 0 Å². The van der Waals surface area contributed by atoms with Gasteiger partial charge in [0.1, 0.15) is 11.9 Å². The Bertz CT molecular complexity index is 334. The molecule has 1 aromatic rings.